The molecular weight excluding hydrogens is 723 g/mol. The lowest BCUT2D eigenvalue weighted by atomic mass is 9.89. The van der Waals surface area contributed by atoms with Gasteiger partial charge in [0.1, 0.15) is 5.69 Å². The van der Waals surface area contributed by atoms with E-state index in [-0.39, 0.29) is 12.4 Å². The second-order valence-corrected chi connectivity index (χ2v) is 14.4. The molecule has 272 valence electrons. The van der Waals surface area contributed by atoms with Crippen LogP contribution in [0, 0.1) is 27.7 Å². The van der Waals surface area contributed by atoms with Crippen LogP contribution in [-0.2, 0) is 6.61 Å². The lowest BCUT2D eigenvalue weighted by Crippen LogP contribution is -2.01. The number of aromatic nitrogens is 4. The van der Waals surface area contributed by atoms with Gasteiger partial charge >= 0.3 is 0 Å². The number of nitrogens with zero attached hydrogens (tertiary/aromatic N) is 4. The summed E-state index contributed by atoms with van der Waals surface area (Å²) in [7, 11) is 0. The molecule has 4 aromatic heterocycles. The normalized spacial score (nSPS) is 11.1. The lowest BCUT2D eigenvalue weighted by Gasteiger charge is -2.17. The standard InChI is InChI=1S/C24H19ClN2O.C23H19ClN2O/c1-14-12-22-24(15(2)23(14)17-8-10-26-11-9-17)19(13-21(27-22)16(3)28)18-6-4-5-7-20(18)25;1-14-11-21-23(15(2)22(14)16-7-9-25-10-8-16)19(12-17(13-27)26-21)18-5-3-4-6-20(18)24/h4-13H,1-3H3;3-12,27H,13H2,1-2H3. The molecule has 0 spiro atoms. The SMILES string of the molecule is CC(=O)c1cc(-c2ccccc2Cl)c2c(C)c(-c3ccncc3)c(C)cc2n1.Cc1cc2nc(CO)cc(-c3ccccc3Cl)c2c(C)c1-c1ccncc1. The van der Waals surface area contributed by atoms with Gasteiger partial charge in [0.15, 0.2) is 5.78 Å². The van der Waals surface area contributed by atoms with Crippen LogP contribution >= 0.6 is 23.2 Å². The van der Waals surface area contributed by atoms with Crippen molar-refractivity contribution in [3.8, 4) is 44.5 Å². The molecule has 1 N–H and O–H groups in total. The Kier molecular flexibility index (Phi) is 10.8. The van der Waals surface area contributed by atoms with Crippen LogP contribution in [0.5, 0.6) is 0 Å². The number of rotatable bonds is 6. The zero-order valence-corrected chi connectivity index (χ0v) is 32.7. The molecule has 8 heteroatoms. The van der Waals surface area contributed by atoms with Gasteiger partial charge < -0.3 is 5.11 Å². The van der Waals surface area contributed by atoms with E-state index in [1.54, 1.807) is 24.8 Å². The van der Waals surface area contributed by atoms with Crippen LogP contribution in [0.25, 0.3) is 66.3 Å². The highest BCUT2D eigenvalue weighted by Crippen LogP contribution is 2.41. The van der Waals surface area contributed by atoms with Gasteiger partial charge in [0.25, 0.3) is 0 Å². The molecule has 0 unspecified atom stereocenters. The first-order chi connectivity index (χ1) is 26.6. The van der Waals surface area contributed by atoms with Gasteiger partial charge in [0, 0.05) is 63.7 Å². The smallest absolute Gasteiger partial charge is 0.178 e. The van der Waals surface area contributed by atoms with Crippen LogP contribution in [-0.4, -0.2) is 30.8 Å². The number of halogens is 2. The van der Waals surface area contributed by atoms with Crippen molar-refractivity contribution < 1.29 is 9.90 Å². The lowest BCUT2D eigenvalue weighted by molar-refractivity contribution is 0.101. The van der Waals surface area contributed by atoms with Gasteiger partial charge in [0.2, 0.25) is 0 Å². The summed E-state index contributed by atoms with van der Waals surface area (Å²) in [6, 6.07) is 31.4. The van der Waals surface area contributed by atoms with Crippen LogP contribution in [0.4, 0.5) is 0 Å². The fourth-order valence-corrected chi connectivity index (χ4v) is 8.02. The predicted molar refractivity (Wildman–Crippen MR) is 226 cm³/mol. The van der Waals surface area contributed by atoms with E-state index in [2.05, 4.69) is 53.7 Å². The number of fused-ring (bicyclic) bond motifs is 2. The largest absolute Gasteiger partial charge is 0.390 e. The van der Waals surface area contributed by atoms with E-state index >= 15 is 0 Å². The third-order valence-electron chi connectivity index (χ3n) is 9.93. The number of carbonyl (C=O) groups excluding carboxylic acids is 1. The first-order valence-electron chi connectivity index (χ1n) is 17.9. The van der Waals surface area contributed by atoms with Gasteiger partial charge in [-0.3, -0.25) is 19.7 Å². The molecule has 0 aliphatic heterocycles. The van der Waals surface area contributed by atoms with Crippen LogP contribution in [0.15, 0.2) is 122 Å². The van der Waals surface area contributed by atoms with Crippen molar-refractivity contribution in [1.82, 2.24) is 19.9 Å². The first-order valence-corrected chi connectivity index (χ1v) is 18.6. The Hall–Kier alpha value is -5.79. The number of aliphatic hydroxyl groups excluding tert-OH is 1. The predicted octanol–water partition coefficient (Wildman–Crippen LogP) is 12.2. The number of hydrogen-bond acceptors (Lipinski definition) is 6. The Labute approximate surface area is 330 Å². The Bertz CT molecular complexity index is 2730. The van der Waals surface area contributed by atoms with Gasteiger partial charge in [-0.25, -0.2) is 4.98 Å². The molecule has 4 aromatic carbocycles. The summed E-state index contributed by atoms with van der Waals surface area (Å²) in [5.74, 6) is -0.0660. The molecule has 0 fully saturated rings. The maximum Gasteiger partial charge on any atom is 0.178 e. The van der Waals surface area contributed by atoms with Crippen molar-refractivity contribution in [1.29, 1.82) is 0 Å². The molecule has 55 heavy (non-hydrogen) atoms. The first kappa shape index (κ1) is 37.5. The summed E-state index contributed by atoms with van der Waals surface area (Å²) in [5.41, 5.74) is 15.5. The van der Waals surface area contributed by atoms with Crippen LogP contribution < -0.4 is 0 Å². The summed E-state index contributed by atoms with van der Waals surface area (Å²) in [4.78, 5) is 29.7. The zero-order valence-electron chi connectivity index (χ0n) is 31.2. The van der Waals surface area contributed by atoms with Crippen LogP contribution in [0.3, 0.4) is 0 Å². The van der Waals surface area contributed by atoms with E-state index in [1.807, 2.05) is 91.0 Å². The van der Waals surface area contributed by atoms with E-state index in [1.165, 1.54) is 12.5 Å². The molecule has 0 radical (unpaired) electrons. The van der Waals surface area contributed by atoms with Crippen LogP contribution in [0.2, 0.25) is 10.0 Å². The highest BCUT2D eigenvalue weighted by atomic mass is 35.5. The zero-order chi connectivity index (χ0) is 38.8. The topological polar surface area (TPSA) is 88.9 Å². The summed E-state index contributed by atoms with van der Waals surface area (Å²) < 4.78 is 0. The van der Waals surface area contributed by atoms with Crippen LogP contribution in [0.1, 0.15) is 45.4 Å². The van der Waals surface area contributed by atoms with E-state index in [0.29, 0.717) is 21.4 Å². The fourth-order valence-electron chi connectivity index (χ4n) is 7.55. The monoisotopic (exact) mass is 760 g/mol. The van der Waals surface area contributed by atoms with E-state index in [9.17, 15) is 9.90 Å². The van der Waals surface area contributed by atoms with Gasteiger partial charge in [-0.1, -0.05) is 59.6 Å². The maximum absolute atomic E-state index is 12.1. The second kappa shape index (κ2) is 15.9. The molecule has 0 aliphatic rings. The number of benzene rings is 4. The van der Waals surface area contributed by atoms with Crippen molar-refractivity contribution in [3.05, 3.63) is 166 Å². The fraction of sp³-hybridized carbons (Fsp3) is 0.128. The number of pyridine rings is 4. The van der Waals surface area contributed by atoms with Crippen molar-refractivity contribution in [2.75, 3.05) is 0 Å². The Morgan fingerprint density at radius 1 is 0.582 bits per heavy atom. The number of carbonyl (C=O) groups is 1. The summed E-state index contributed by atoms with van der Waals surface area (Å²) in [6.07, 6.45) is 7.20. The number of aryl methyl sites for hydroxylation is 4. The Balaban J connectivity index is 0.000000169. The third kappa shape index (κ3) is 7.37. The minimum atomic E-state index is -0.113. The molecule has 0 saturated heterocycles. The minimum Gasteiger partial charge on any atom is -0.390 e. The minimum absolute atomic E-state index is 0.0660. The average molecular weight is 762 g/mol. The third-order valence-corrected chi connectivity index (χ3v) is 10.6. The highest BCUT2D eigenvalue weighted by Gasteiger charge is 2.20. The van der Waals surface area contributed by atoms with Gasteiger partial charge in [-0.05, 0) is 144 Å². The van der Waals surface area contributed by atoms with E-state index in [0.717, 1.165) is 83.0 Å². The number of Topliss-reactive ketones (excluding diaryl/α,β-unsaturated/α-hetero) is 1. The molecule has 0 aliphatic carbocycles. The van der Waals surface area contributed by atoms with E-state index < -0.39 is 0 Å². The second-order valence-electron chi connectivity index (χ2n) is 13.5. The van der Waals surface area contributed by atoms with Crippen molar-refractivity contribution in [2.45, 2.75) is 41.2 Å². The molecule has 4 heterocycles. The maximum atomic E-state index is 12.1. The van der Waals surface area contributed by atoms with Crippen molar-refractivity contribution >= 4 is 50.8 Å². The van der Waals surface area contributed by atoms with Crippen molar-refractivity contribution in [3.63, 3.8) is 0 Å². The molecule has 0 bridgehead atoms. The Morgan fingerprint density at radius 3 is 1.45 bits per heavy atom. The summed E-state index contributed by atoms with van der Waals surface area (Å²) in [6.45, 7) is 9.80. The Morgan fingerprint density at radius 2 is 1.02 bits per heavy atom. The molecule has 0 amide bonds. The average Bonchev–Trinajstić information content (AvgIpc) is 3.18. The molecule has 8 rings (SSSR count). The molecular formula is C47H38Cl2N4O2. The number of hydrogen-bond donors (Lipinski definition) is 1. The number of ketones is 1. The number of aliphatic hydroxyl groups is 1. The van der Waals surface area contributed by atoms with Gasteiger partial charge in [-0.15, -0.1) is 0 Å². The molecule has 0 saturated carbocycles. The highest BCUT2D eigenvalue weighted by molar-refractivity contribution is 6.34. The summed E-state index contributed by atoms with van der Waals surface area (Å²) >= 11 is 13.0. The quantitative estimate of drug-likeness (QED) is 0.170. The van der Waals surface area contributed by atoms with Crippen molar-refractivity contribution in [2.24, 2.45) is 0 Å². The summed E-state index contributed by atoms with van der Waals surface area (Å²) in [5, 5.41) is 13.1. The molecule has 0 atom stereocenters. The van der Waals surface area contributed by atoms with Gasteiger partial charge in [-0.2, -0.15) is 0 Å². The van der Waals surface area contributed by atoms with E-state index in [4.69, 9.17) is 23.2 Å². The molecule has 8 aromatic rings. The van der Waals surface area contributed by atoms with Gasteiger partial charge in [0.05, 0.1) is 23.3 Å². The molecule has 6 nitrogen and oxygen atoms in total.